The van der Waals surface area contributed by atoms with Crippen molar-refractivity contribution in [3.63, 3.8) is 0 Å². The van der Waals surface area contributed by atoms with Crippen LogP contribution in [0.25, 0.3) is 5.69 Å². The van der Waals surface area contributed by atoms with Crippen LogP contribution in [0, 0.1) is 13.8 Å². The summed E-state index contributed by atoms with van der Waals surface area (Å²) in [6.07, 6.45) is 0. The van der Waals surface area contributed by atoms with Gasteiger partial charge in [0.1, 0.15) is 5.75 Å². The van der Waals surface area contributed by atoms with Gasteiger partial charge >= 0.3 is 0 Å². The van der Waals surface area contributed by atoms with E-state index in [2.05, 4.69) is 17.3 Å². The summed E-state index contributed by atoms with van der Waals surface area (Å²) in [6.45, 7) is 5.49. The van der Waals surface area contributed by atoms with Crippen molar-refractivity contribution < 1.29 is 9.53 Å². The number of rotatable bonds is 8. The van der Waals surface area contributed by atoms with Crippen LogP contribution in [0.15, 0.2) is 54.6 Å². The van der Waals surface area contributed by atoms with Crippen molar-refractivity contribution >= 4 is 5.91 Å². The Kier molecular flexibility index (Phi) is 6.67. The molecule has 1 aromatic heterocycles. The molecular formula is C23H28N4O2. The van der Waals surface area contributed by atoms with Gasteiger partial charge in [0.25, 0.3) is 0 Å². The van der Waals surface area contributed by atoms with Gasteiger partial charge in [-0.25, -0.2) is 4.68 Å². The largest absolute Gasteiger partial charge is 0.496 e. The molecule has 6 nitrogen and oxygen atoms in total. The van der Waals surface area contributed by atoms with Crippen LogP contribution in [0.1, 0.15) is 22.5 Å². The van der Waals surface area contributed by atoms with Crippen LogP contribution >= 0.6 is 0 Å². The molecule has 2 aromatic carbocycles. The van der Waals surface area contributed by atoms with Crippen molar-refractivity contribution in [2.75, 3.05) is 20.7 Å². The molecule has 3 rings (SSSR count). The van der Waals surface area contributed by atoms with E-state index in [1.807, 2.05) is 78.2 Å². The monoisotopic (exact) mass is 392 g/mol. The van der Waals surface area contributed by atoms with Crippen LogP contribution < -0.4 is 10.1 Å². The van der Waals surface area contributed by atoms with E-state index in [4.69, 9.17) is 4.74 Å². The fourth-order valence-corrected chi connectivity index (χ4v) is 3.39. The van der Waals surface area contributed by atoms with Gasteiger partial charge in [-0.3, -0.25) is 9.69 Å². The lowest BCUT2D eigenvalue weighted by Gasteiger charge is -2.17. The lowest BCUT2D eigenvalue weighted by molar-refractivity contribution is -0.122. The van der Waals surface area contributed by atoms with Crippen LogP contribution in [0.4, 0.5) is 0 Å². The first-order valence-corrected chi connectivity index (χ1v) is 9.67. The highest BCUT2D eigenvalue weighted by molar-refractivity contribution is 5.78. The number of ether oxygens (including phenoxy) is 1. The minimum Gasteiger partial charge on any atom is -0.496 e. The van der Waals surface area contributed by atoms with Gasteiger partial charge < -0.3 is 10.1 Å². The summed E-state index contributed by atoms with van der Waals surface area (Å²) in [5, 5.41) is 7.65. The minimum atomic E-state index is -0.0239. The molecule has 0 bridgehead atoms. The van der Waals surface area contributed by atoms with E-state index < -0.39 is 0 Å². The van der Waals surface area contributed by atoms with E-state index in [0.29, 0.717) is 19.6 Å². The van der Waals surface area contributed by atoms with Gasteiger partial charge in [0.2, 0.25) is 5.91 Å². The molecule has 1 N–H and O–H groups in total. The van der Waals surface area contributed by atoms with Crippen molar-refractivity contribution in [2.24, 2.45) is 0 Å². The number of aromatic nitrogens is 2. The van der Waals surface area contributed by atoms with E-state index in [0.717, 1.165) is 34.0 Å². The quantitative estimate of drug-likeness (QED) is 0.639. The average Bonchev–Trinajstić information content (AvgIpc) is 3.01. The first-order valence-electron chi connectivity index (χ1n) is 9.67. The van der Waals surface area contributed by atoms with Gasteiger partial charge in [-0.1, -0.05) is 36.4 Å². The normalized spacial score (nSPS) is 10.9. The van der Waals surface area contributed by atoms with Gasteiger partial charge in [-0.15, -0.1) is 0 Å². The Hall–Kier alpha value is -3.12. The van der Waals surface area contributed by atoms with Crippen LogP contribution in [-0.4, -0.2) is 41.3 Å². The predicted octanol–water partition coefficient (Wildman–Crippen LogP) is 3.25. The lowest BCUT2D eigenvalue weighted by Crippen LogP contribution is -2.34. The van der Waals surface area contributed by atoms with E-state index in [-0.39, 0.29) is 5.91 Å². The highest BCUT2D eigenvalue weighted by Crippen LogP contribution is 2.19. The summed E-state index contributed by atoms with van der Waals surface area (Å²) >= 11 is 0. The molecule has 3 aromatic rings. The van der Waals surface area contributed by atoms with Crippen molar-refractivity contribution in [1.29, 1.82) is 0 Å². The Labute approximate surface area is 172 Å². The van der Waals surface area contributed by atoms with E-state index in [1.165, 1.54) is 0 Å². The first-order chi connectivity index (χ1) is 14.0. The number of likely N-dealkylation sites (N-methyl/N-ethyl adjacent to an activating group) is 1. The van der Waals surface area contributed by atoms with E-state index in [9.17, 15) is 4.79 Å². The van der Waals surface area contributed by atoms with Gasteiger partial charge in [0, 0.05) is 29.9 Å². The second-order valence-corrected chi connectivity index (χ2v) is 7.16. The van der Waals surface area contributed by atoms with Crippen molar-refractivity contribution in [3.8, 4) is 11.4 Å². The Morgan fingerprint density at radius 3 is 2.52 bits per heavy atom. The maximum Gasteiger partial charge on any atom is 0.234 e. The summed E-state index contributed by atoms with van der Waals surface area (Å²) in [7, 11) is 3.58. The maximum absolute atomic E-state index is 12.4. The summed E-state index contributed by atoms with van der Waals surface area (Å²) in [6, 6.07) is 17.8. The lowest BCUT2D eigenvalue weighted by atomic mass is 10.2. The minimum absolute atomic E-state index is 0.0239. The third kappa shape index (κ3) is 5.03. The van der Waals surface area contributed by atoms with Crippen molar-refractivity contribution in [2.45, 2.75) is 26.9 Å². The van der Waals surface area contributed by atoms with Crippen molar-refractivity contribution in [3.05, 3.63) is 77.1 Å². The van der Waals surface area contributed by atoms with Gasteiger partial charge in [-0.2, -0.15) is 5.10 Å². The Morgan fingerprint density at radius 1 is 1.10 bits per heavy atom. The molecular weight excluding hydrogens is 364 g/mol. The SMILES string of the molecule is COc1ccccc1CNC(=O)CN(C)Cc1c(C)nn(-c2ccccc2)c1C. The smallest absolute Gasteiger partial charge is 0.234 e. The number of nitrogens with zero attached hydrogens (tertiary/aromatic N) is 3. The van der Waals surface area contributed by atoms with Crippen molar-refractivity contribution in [1.82, 2.24) is 20.0 Å². The number of hydrogen-bond acceptors (Lipinski definition) is 4. The highest BCUT2D eigenvalue weighted by Gasteiger charge is 2.16. The molecule has 0 unspecified atom stereocenters. The number of carbonyl (C=O) groups excluding carboxylic acids is 1. The number of hydrogen-bond donors (Lipinski definition) is 1. The van der Waals surface area contributed by atoms with E-state index >= 15 is 0 Å². The fourth-order valence-electron chi connectivity index (χ4n) is 3.39. The Balaban J connectivity index is 1.60. The third-order valence-corrected chi connectivity index (χ3v) is 4.95. The topological polar surface area (TPSA) is 59.4 Å². The molecule has 0 aliphatic heterocycles. The average molecular weight is 393 g/mol. The summed E-state index contributed by atoms with van der Waals surface area (Å²) in [4.78, 5) is 14.4. The van der Waals surface area contributed by atoms with Gasteiger partial charge in [-0.05, 0) is 39.1 Å². The summed E-state index contributed by atoms with van der Waals surface area (Å²) < 4.78 is 7.29. The maximum atomic E-state index is 12.4. The fraction of sp³-hybridized carbons (Fsp3) is 0.304. The molecule has 1 heterocycles. The predicted molar refractivity (Wildman–Crippen MR) is 114 cm³/mol. The summed E-state index contributed by atoms with van der Waals surface area (Å²) in [5.41, 5.74) is 5.22. The standard InChI is InChI=1S/C23H28N4O2/c1-17-21(18(2)27(25-17)20-11-6-5-7-12-20)15-26(3)16-23(28)24-14-19-10-8-9-13-22(19)29-4/h5-13H,14-16H2,1-4H3,(H,24,28). The first kappa shape index (κ1) is 20.6. The molecule has 0 fully saturated rings. The zero-order valence-electron chi connectivity index (χ0n) is 17.5. The number of nitrogens with one attached hydrogen (secondary N) is 1. The number of carbonyl (C=O) groups is 1. The molecule has 0 saturated carbocycles. The third-order valence-electron chi connectivity index (χ3n) is 4.95. The van der Waals surface area contributed by atoms with Crippen LogP contribution in [-0.2, 0) is 17.9 Å². The number of benzene rings is 2. The van der Waals surface area contributed by atoms with Crippen LogP contribution in [0.3, 0.4) is 0 Å². The zero-order chi connectivity index (χ0) is 20.8. The molecule has 0 atom stereocenters. The Morgan fingerprint density at radius 2 is 1.79 bits per heavy atom. The molecule has 1 amide bonds. The van der Waals surface area contributed by atoms with Crippen LogP contribution in [0.5, 0.6) is 5.75 Å². The van der Waals surface area contributed by atoms with E-state index in [1.54, 1.807) is 7.11 Å². The molecule has 0 aliphatic rings. The molecule has 0 spiro atoms. The molecule has 0 aliphatic carbocycles. The number of methoxy groups -OCH3 is 1. The second-order valence-electron chi connectivity index (χ2n) is 7.16. The highest BCUT2D eigenvalue weighted by atomic mass is 16.5. The zero-order valence-corrected chi connectivity index (χ0v) is 17.5. The van der Waals surface area contributed by atoms with Gasteiger partial charge in [0.05, 0.1) is 25.0 Å². The Bertz CT molecular complexity index is 966. The number of para-hydroxylation sites is 2. The second kappa shape index (κ2) is 9.39. The van der Waals surface area contributed by atoms with Crippen LogP contribution in [0.2, 0.25) is 0 Å². The summed E-state index contributed by atoms with van der Waals surface area (Å²) in [5.74, 6) is 0.755. The molecule has 29 heavy (non-hydrogen) atoms. The number of amides is 1. The molecule has 152 valence electrons. The molecule has 0 saturated heterocycles. The van der Waals surface area contributed by atoms with Gasteiger partial charge in [0.15, 0.2) is 0 Å². The number of aryl methyl sites for hydroxylation is 1. The molecule has 0 radical (unpaired) electrons. The molecule has 6 heteroatoms.